The van der Waals surface area contributed by atoms with E-state index in [1.807, 2.05) is 18.7 Å². The summed E-state index contributed by atoms with van der Waals surface area (Å²) in [7, 11) is 0. The summed E-state index contributed by atoms with van der Waals surface area (Å²) in [6.45, 7) is 11.0. The van der Waals surface area contributed by atoms with Gasteiger partial charge in [0.25, 0.3) is 0 Å². The monoisotopic (exact) mass is 268 g/mol. The van der Waals surface area contributed by atoms with Gasteiger partial charge in [-0.2, -0.15) is 0 Å². The highest BCUT2D eigenvalue weighted by atomic mass is 16.2. The molecule has 2 aliphatic rings. The first-order valence-electron chi connectivity index (χ1n) is 7.59. The molecule has 4 heteroatoms. The van der Waals surface area contributed by atoms with Gasteiger partial charge < -0.3 is 10.2 Å². The summed E-state index contributed by atoms with van der Waals surface area (Å²) >= 11 is 0. The first kappa shape index (κ1) is 16.2. The van der Waals surface area contributed by atoms with Gasteiger partial charge in [-0.3, -0.25) is 9.59 Å². The third kappa shape index (κ3) is 4.03. The van der Waals surface area contributed by atoms with Gasteiger partial charge in [0.15, 0.2) is 0 Å². The Labute approximate surface area is 116 Å². The second kappa shape index (κ2) is 7.63. The van der Waals surface area contributed by atoms with Crippen molar-refractivity contribution in [1.82, 2.24) is 10.2 Å². The van der Waals surface area contributed by atoms with E-state index in [0.29, 0.717) is 12.5 Å². The molecule has 1 amide bonds. The zero-order valence-electron chi connectivity index (χ0n) is 12.7. The van der Waals surface area contributed by atoms with E-state index in [4.69, 9.17) is 0 Å². The van der Waals surface area contributed by atoms with Gasteiger partial charge in [-0.1, -0.05) is 20.8 Å². The lowest BCUT2D eigenvalue weighted by Crippen LogP contribution is -2.40. The molecule has 0 saturated carbocycles. The van der Waals surface area contributed by atoms with Crippen molar-refractivity contribution in [2.24, 2.45) is 17.8 Å². The van der Waals surface area contributed by atoms with Gasteiger partial charge >= 0.3 is 0 Å². The standard InChI is InChI=1S/C13H22N2O2.C2H6/c1-9-7-15(8-12(9)10(2)16)13(17)11-3-5-14-6-4-11;1-2/h9,11-12,14H,3-8H2,1-2H3;1-2H3. The first-order valence-corrected chi connectivity index (χ1v) is 7.59. The lowest BCUT2D eigenvalue weighted by Gasteiger charge is -2.26. The average molecular weight is 268 g/mol. The van der Waals surface area contributed by atoms with E-state index in [-0.39, 0.29) is 23.5 Å². The quantitative estimate of drug-likeness (QED) is 0.829. The number of nitrogens with zero attached hydrogens (tertiary/aromatic N) is 1. The second-order valence-electron chi connectivity index (χ2n) is 5.46. The van der Waals surface area contributed by atoms with Crippen molar-refractivity contribution in [1.29, 1.82) is 0 Å². The lowest BCUT2D eigenvalue weighted by molar-refractivity contribution is -0.135. The maximum absolute atomic E-state index is 12.3. The Balaban J connectivity index is 0.000000861. The van der Waals surface area contributed by atoms with Gasteiger partial charge in [0, 0.05) is 24.9 Å². The molecule has 2 aliphatic heterocycles. The van der Waals surface area contributed by atoms with Crippen molar-refractivity contribution in [3.05, 3.63) is 0 Å². The molecule has 2 fully saturated rings. The molecule has 0 aromatic heterocycles. The second-order valence-corrected chi connectivity index (χ2v) is 5.46. The van der Waals surface area contributed by atoms with Crippen LogP contribution in [0.2, 0.25) is 0 Å². The van der Waals surface area contributed by atoms with Gasteiger partial charge in [0.05, 0.1) is 0 Å². The minimum atomic E-state index is 0.0562. The Hall–Kier alpha value is -0.900. The van der Waals surface area contributed by atoms with E-state index in [9.17, 15) is 9.59 Å². The zero-order chi connectivity index (χ0) is 14.4. The first-order chi connectivity index (χ1) is 9.09. The predicted octanol–water partition coefficient (Wildman–Crippen LogP) is 1.70. The van der Waals surface area contributed by atoms with Crippen molar-refractivity contribution in [3.63, 3.8) is 0 Å². The number of nitrogens with one attached hydrogen (secondary N) is 1. The van der Waals surface area contributed by atoms with Crippen LogP contribution in [0.25, 0.3) is 0 Å². The fraction of sp³-hybridized carbons (Fsp3) is 0.867. The van der Waals surface area contributed by atoms with E-state index >= 15 is 0 Å². The average Bonchev–Trinajstić information content (AvgIpc) is 2.83. The molecule has 0 radical (unpaired) electrons. The molecular weight excluding hydrogens is 240 g/mol. The van der Waals surface area contributed by atoms with Crippen LogP contribution < -0.4 is 5.32 Å². The Kier molecular flexibility index (Phi) is 6.49. The van der Waals surface area contributed by atoms with Gasteiger partial charge in [-0.25, -0.2) is 0 Å². The molecule has 0 spiro atoms. The van der Waals surface area contributed by atoms with Crippen LogP contribution in [-0.2, 0) is 9.59 Å². The van der Waals surface area contributed by atoms with Crippen LogP contribution in [0.15, 0.2) is 0 Å². The lowest BCUT2D eigenvalue weighted by atomic mass is 9.95. The minimum Gasteiger partial charge on any atom is -0.341 e. The highest BCUT2D eigenvalue weighted by Gasteiger charge is 2.37. The van der Waals surface area contributed by atoms with Crippen LogP contribution >= 0.6 is 0 Å². The maximum Gasteiger partial charge on any atom is 0.225 e. The molecule has 0 aromatic rings. The minimum absolute atomic E-state index is 0.0562. The molecule has 2 atom stereocenters. The van der Waals surface area contributed by atoms with E-state index in [1.54, 1.807) is 6.92 Å². The molecule has 2 unspecified atom stereocenters. The Morgan fingerprint density at radius 2 is 1.68 bits per heavy atom. The fourth-order valence-electron chi connectivity index (χ4n) is 3.00. The van der Waals surface area contributed by atoms with E-state index in [0.717, 1.165) is 32.5 Å². The van der Waals surface area contributed by atoms with Crippen LogP contribution in [-0.4, -0.2) is 42.8 Å². The summed E-state index contributed by atoms with van der Waals surface area (Å²) in [5.41, 5.74) is 0. The van der Waals surface area contributed by atoms with Crippen molar-refractivity contribution in [2.45, 2.75) is 40.5 Å². The molecular formula is C15H28N2O2. The molecule has 0 aromatic carbocycles. The van der Waals surface area contributed by atoms with E-state index in [1.165, 1.54) is 0 Å². The summed E-state index contributed by atoms with van der Waals surface area (Å²) in [4.78, 5) is 25.7. The zero-order valence-corrected chi connectivity index (χ0v) is 12.7. The number of carbonyl (C=O) groups is 2. The predicted molar refractivity (Wildman–Crippen MR) is 76.9 cm³/mol. The van der Waals surface area contributed by atoms with Crippen LogP contribution in [0.5, 0.6) is 0 Å². The maximum atomic E-state index is 12.3. The van der Waals surface area contributed by atoms with Crippen molar-refractivity contribution < 1.29 is 9.59 Å². The number of Topliss-reactive ketones (excluding diaryl/α,β-unsaturated/α-hetero) is 1. The third-order valence-corrected chi connectivity index (χ3v) is 4.13. The molecule has 2 saturated heterocycles. The van der Waals surface area contributed by atoms with E-state index in [2.05, 4.69) is 12.2 Å². The van der Waals surface area contributed by atoms with Crippen LogP contribution in [0.1, 0.15) is 40.5 Å². The van der Waals surface area contributed by atoms with Crippen LogP contribution in [0, 0.1) is 17.8 Å². The smallest absolute Gasteiger partial charge is 0.225 e. The highest BCUT2D eigenvalue weighted by Crippen LogP contribution is 2.26. The van der Waals surface area contributed by atoms with Gasteiger partial charge in [-0.05, 0) is 38.8 Å². The third-order valence-electron chi connectivity index (χ3n) is 4.13. The summed E-state index contributed by atoms with van der Waals surface area (Å²) in [6, 6.07) is 0. The van der Waals surface area contributed by atoms with Gasteiger partial charge in [-0.15, -0.1) is 0 Å². The number of ketones is 1. The van der Waals surface area contributed by atoms with Gasteiger partial charge in [0.2, 0.25) is 5.91 Å². The summed E-state index contributed by atoms with van der Waals surface area (Å²) in [5, 5.41) is 3.27. The van der Waals surface area contributed by atoms with Crippen LogP contribution in [0.3, 0.4) is 0 Å². The Morgan fingerprint density at radius 1 is 1.11 bits per heavy atom. The highest BCUT2D eigenvalue weighted by molar-refractivity contribution is 5.83. The number of rotatable bonds is 2. The number of amides is 1. The SMILES string of the molecule is CC.CC(=O)C1CN(C(=O)C2CCNCC2)CC1C. The van der Waals surface area contributed by atoms with Crippen molar-refractivity contribution in [2.75, 3.05) is 26.2 Å². The van der Waals surface area contributed by atoms with Crippen LogP contribution in [0.4, 0.5) is 0 Å². The molecule has 19 heavy (non-hydrogen) atoms. The number of likely N-dealkylation sites (tertiary alicyclic amines) is 1. The molecule has 4 nitrogen and oxygen atoms in total. The summed E-state index contributed by atoms with van der Waals surface area (Å²) in [5.74, 6) is 1.04. The largest absolute Gasteiger partial charge is 0.341 e. The normalized spacial score (nSPS) is 27.7. The molecule has 0 bridgehead atoms. The number of piperidine rings is 1. The molecule has 2 rings (SSSR count). The number of hydrogen-bond donors (Lipinski definition) is 1. The molecule has 1 N–H and O–H groups in total. The van der Waals surface area contributed by atoms with E-state index < -0.39 is 0 Å². The number of carbonyl (C=O) groups excluding carboxylic acids is 2. The Morgan fingerprint density at radius 3 is 2.16 bits per heavy atom. The van der Waals surface area contributed by atoms with Gasteiger partial charge in [0.1, 0.15) is 5.78 Å². The number of hydrogen-bond acceptors (Lipinski definition) is 3. The summed E-state index contributed by atoms with van der Waals surface area (Å²) < 4.78 is 0. The summed E-state index contributed by atoms with van der Waals surface area (Å²) in [6.07, 6.45) is 1.88. The fourth-order valence-corrected chi connectivity index (χ4v) is 3.00. The molecule has 2 heterocycles. The topological polar surface area (TPSA) is 49.4 Å². The molecule has 0 aliphatic carbocycles. The van der Waals surface area contributed by atoms with Crippen molar-refractivity contribution >= 4 is 11.7 Å². The Bertz CT molecular complexity index is 311. The molecule has 110 valence electrons. The van der Waals surface area contributed by atoms with Crippen molar-refractivity contribution in [3.8, 4) is 0 Å².